The molecule has 2 N–H and O–H groups in total. The molecule has 3 atom stereocenters. The van der Waals surface area contributed by atoms with Crippen molar-refractivity contribution in [1.29, 1.82) is 0 Å². The van der Waals surface area contributed by atoms with Crippen molar-refractivity contribution in [2.24, 2.45) is 17.6 Å². The minimum Gasteiger partial charge on any atom is -0.381 e. The Hall–Kier alpha value is -0.120. The molecule has 2 fully saturated rings. The monoisotopic (exact) mass is 255 g/mol. The molecule has 3 nitrogen and oxygen atoms in total. The van der Waals surface area contributed by atoms with Crippen molar-refractivity contribution in [2.75, 3.05) is 20.3 Å². The quantitative estimate of drug-likeness (QED) is 0.840. The lowest BCUT2D eigenvalue weighted by molar-refractivity contribution is -0.120. The van der Waals surface area contributed by atoms with Crippen LogP contribution in [0.3, 0.4) is 0 Å². The summed E-state index contributed by atoms with van der Waals surface area (Å²) in [6.45, 7) is 3.90. The first-order chi connectivity index (χ1) is 8.73. The molecule has 0 spiro atoms. The molecule has 0 aromatic carbocycles. The highest BCUT2D eigenvalue weighted by atomic mass is 16.5. The lowest BCUT2D eigenvalue weighted by atomic mass is 9.68. The van der Waals surface area contributed by atoms with Crippen LogP contribution in [0.2, 0.25) is 0 Å². The summed E-state index contributed by atoms with van der Waals surface area (Å²) >= 11 is 0. The van der Waals surface area contributed by atoms with Crippen molar-refractivity contribution < 1.29 is 9.47 Å². The van der Waals surface area contributed by atoms with E-state index in [0.29, 0.717) is 5.92 Å². The van der Waals surface area contributed by atoms with Gasteiger partial charge in [0.2, 0.25) is 0 Å². The first-order valence-electron chi connectivity index (χ1n) is 7.62. The normalized spacial score (nSPS) is 34.2. The van der Waals surface area contributed by atoms with Crippen LogP contribution >= 0.6 is 0 Å². The molecule has 1 aliphatic heterocycles. The number of nitrogens with two attached hydrogens (primary N) is 1. The van der Waals surface area contributed by atoms with Gasteiger partial charge in [-0.25, -0.2) is 0 Å². The van der Waals surface area contributed by atoms with Gasteiger partial charge in [-0.1, -0.05) is 32.6 Å². The van der Waals surface area contributed by atoms with Gasteiger partial charge < -0.3 is 15.2 Å². The maximum atomic E-state index is 6.65. The van der Waals surface area contributed by atoms with E-state index in [0.717, 1.165) is 32.0 Å². The Morgan fingerprint density at radius 1 is 1.28 bits per heavy atom. The van der Waals surface area contributed by atoms with Gasteiger partial charge in [-0.2, -0.15) is 0 Å². The Balaban J connectivity index is 2.08. The van der Waals surface area contributed by atoms with Gasteiger partial charge in [0.05, 0.1) is 5.60 Å². The van der Waals surface area contributed by atoms with Crippen LogP contribution in [0, 0.1) is 11.8 Å². The molecule has 3 unspecified atom stereocenters. The van der Waals surface area contributed by atoms with Crippen molar-refractivity contribution in [2.45, 2.75) is 63.5 Å². The third kappa shape index (κ3) is 2.73. The topological polar surface area (TPSA) is 44.5 Å². The van der Waals surface area contributed by atoms with E-state index >= 15 is 0 Å². The molecule has 106 valence electrons. The van der Waals surface area contributed by atoms with Crippen LogP contribution in [0.5, 0.6) is 0 Å². The van der Waals surface area contributed by atoms with Gasteiger partial charge in [-0.3, -0.25) is 0 Å². The van der Waals surface area contributed by atoms with E-state index in [1.807, 2.05) is 7.11 Å². The fraction of sp³-hybridized carbons (Fsp3) is 1.00. The third-order valence-corrected chi connectivity index (χ3v) is 5.31. The molecule has 1 saturated heterocycles. The number of hydrogen-bond acceptors (Lipinski definition) is 3. The van der Waals surface area contributed by atoms with Crippen molar-refractivity contribution >= 4 is 0 Å². The smallest absolute Gasteiger partial charge is 0.0875 e. The van der Waals surface area contributed by atoms with Gasteiger partial charge in [0.25, 0.3) is 0 Å². The van der Waals surface area contributed by atoms with E-state index < -0.39 is 0 Å². The fourth-order valence-corrected chi connectivity index (χ4v) is 4.00. The summed E-state index contributed by atoms with van der Waals surface area (Å²) < 4.78 is 11.4. The molecule has 2 rings (SSSR count). The van der Waals surface area contributed by atoms with Gasteiger partial charge >= 0.3 is 0 Å². The van der Waals surface area contributed by atoms with Crippen LogP contribution in [-0.2, 0) is 9.47 Å². The summed E-state index contributed by atoms with van der Waals surface area (Å²) in [7, 11) is 1.83. The minimum absolute atomic E-state index is 0.131. The maximum absolute atomic E-state index is 6.65. The zero-order valence-electron chi connectivity index (χ0n) is 12.0. The lowest BCUT2D eigenvalue weighted by Crippen LogP contribution is -2.58. The molecule has 0 aromatic rings. The van der Waals surface area contributed by atoms with Crippen LogP contribution < -0.4 is 5.73 Å². The second-order valence-electron chi connectivity index (χ2n) is 6.02. The third-order valence-electron chi connectivity index (χ3n) is 5.31. The summed E-state index contributed by atoms with van der Waals surface area (Å²) in [6, 6.07) is 0.177. The lowest BCUT2D eigenvalue weighted by Gasteiger charge is -2.47. The summed E-state index contributed by atoms with van der Waals surface area (Å²) in [6.07, 6.45) is 8.52. The second-order valence-corrected chi connectivity index (χ2v) is 6.02. The predicted octanol–water partition coefficient (Wildman–Crippen LogP) is 2.73. The summed E-state index contributed by atoms with van der Waals surface area (Å²) in [5, 5.41) is 0. The first kappa shape index (κ1) is 14.3. The molecule has 1 heterocycles. The average Bonchev–Trinajstić information content (AvgIpc) is 2.47. The van der Waals surface area contributed by atoms with Crippen LogP contribution in [0.1, 0.15) is 51.9 Å². The first-order valence-corrected chi connectivity index (χ1v) is 7.62. The number of hydrogen-bond donors (Lipinski definition) is 1. The van der Waals surface area contributed by atoms with Crippen molar-refractivity contribution in [3.8, 4) is 0 Å². The largest absolute Gasteiger partial charge is 0.381 e. The zero-order chi connectivity index (χ0) is 13.0. The van der Waals surface area contributed by atoms with Gasteiger partial charge in [-0.15, -0.1) is 0 Å². The molecular weight excluding hydrogens is 226 g/mol. The Kier molecular flexibility index (Phi) is 5.05. The standard InChI is InChI=1S/C15H29NO2/c1-3-12-6-4-5-7-13(12)14(16)15(17-2)8-10-18-11-9-15/h12-14H,3-11,16H2,1-2H3. The van der Waals surface area contributed by atoms with Gasteiger partial charge in [0, 0.05) is 39.2 Å². The Morgan fingerprint density at radius 2 is 1.94 bits per heavy atom. The van der Waals surface area contributed by atoms with E-state index in [-0.39, 0.29) is 11.6 Å². The molecule has 1 saturated carbocycles. The summed E-state index contributed by atoms with van der Waals surface area (Å²) in [4.78, 5) is 0. The number of methoxy groups -OCH3 is 1. The zero-order valence-corrected chi connectivity index (χ0v) is 12.0. The molecule has 0 amide bonds. The van der Waals surface area contributed by atoms with Crippen LogP contribution in [0.4, 0.5) is 0 Å². The van der Waals surface area contributed by atoms with Crippen LogP contribution in [0.15, 0.2) is 0 Å². The van der Waals surface area contributed by atoms with Crippen molar-refractivity contribution in [1.82, 2.24) is 0 Å². The SMILES string of the molecule is CCC1CCCCC1C(N)C1(OC)CCOCC1. The van der Waals surface area contributed by atoms with E-state index in [9.17, 15) is 0 Å². The summed E-state index contributed by atoms with van der Waals surface area (Å²) in [5.41, 5.74) is 6.52. The van der Waals surface area contributed by atoms with Crippen molar-refractivity contribution in [3.63, 3.8) is 0 Å². The van der Waals surface area contributed by atoms with Crippen LogP contribution in [-0.4, -0.2) is 32.0 Å². The Bertz CT molecular complexity index is 251. The number of rotatable bonds is 4. The Morgan fingerprint density at radius 3 is 2.56 bits per heavy atom. The number of ether oxygens (including phenoxy) is 2. The van der Waals surface area contributed by atoms with E-state index in [1.165, 1.54) is 32.1 Å². The van der Waals surface area contributed by atoms with Gasteiger partial charge in [0.1, 0.15) is 0 Å². The average molecular weight is 255 g/mol. The van der Waals surface area contributed by atoms with Gasteiger partial charge in [0.15, 0.2) is 0 Å². The highest BCUT2D eigenvalue weighted by molar-refractivity contribution is 4.98. The molecule has 0 bridgehead atoms. The predicted molar refractivity (Wildman–Crippen MR) is 73.5 cm³/mol. The van der Waals surface area contributed by atoms with E-state index in [4.69, 9.17) is 15.2 Å². The molecule has 3 heteroatoms. The van der Waals surface area contributed by atoms with E-state index in [1.54, 1.807) is 0 Å². The molecular formula is C15H29NO2. The second kappa shape index (κ2) is 6.36. The molecule has 18 heavy (non-hydrogen) atoms. The fourth-order valence-electron chi connectivity index (χ4n) is 4.00. The van der Waals surface area contributed by atoms with Crippen molar-refractivity contribution in [3.05, 3.63) is 0 Å². The molecule has 0 aromatic heterocycles. The Labute approximate surface area is 111 Å². The van der Waals surface area contributed by atoms with Crippen LogP contribution in [0.25, 0.3) is 0 Å². The minimum atomic E-state index is -0.131. The molecule has 2 aliphatic rings. The highest BCUT2D eigenvalue weighted by Crippen LogP contribution is 2.40. The molecule has 1 aliphatic carbocycles. The maximum Gasteiger partial charge on any atom is 0.0875 e. The van der Waals surface area contributed by atoms with E-state index in [2.05, 4.69) is 6.92 Å². The van der Waals surface area contributed by atoms with Gasteiger partial charge in [-0.05, 0) is 18.3 Å². The summed E-state index contributed by atoms with van der Waals surface area (Å²) in [5.74, 6) is 1.44. The molecule has 0 radical (unpaired) electrons. The highest BCUT2D eigenvalue weighted by Gasteiger charge is 2.44.